The Morgan fingerprint density at radius 1 is 1.41 bits per heavy atom. The predicted molar refractivity (Wildman–Crippen MR) is 81.4 cm³/mol. The van der Waals surface area contributed by atoms with E-state index in [1.54, 1.807) is 6.20 Å². The summed E-state index contributed by atoms with van der Waals surface area (Å²) in [4.78, 5) is 14.4. The quantitative estimate of drug-likeness (QED) is 0.845. The van der Waals surface area contributed by atoms with Crippen LogP contribution in [-0.2, 0) is 27.9 Å². The molecule has 1 aliphatic carbocycles. The fourth-order valence-electron chi connectivity index (χ4n) is 2.86. The molecule has 1 fully saturated rings. The van der Waals surface area contributed by atoms with Gasteiger partial charge >= 0.3 is 0 Å². The Kier molecular flexibility index (Phi) is 4.22. The third-order valence-electron chi connectivity index (χ3n) is 4.31. The van der Waals surface area contributed by atoms with E-state index in [9.17, 15) is 13.2 Å². The molecule has 1 amide bonds. The molecule has 1 atom stereocenters. The van der Waals surface area contributed by atoms with Gasteiger partial charge in [-0.15, -0.1) is 0 Å². The van der Waals surface area contributed by atoms with Gasteiger partial charge in [0.2, 0.25) is 15.9 Å². The van der Waals surface area contributed by atoms with E-state index in [1.165, 1.54) is 0 Å². The number of amides is 1. The Morgan fingerprint density at radius 2 is 2.18 bits per heavy atom. The number of nitrogens with zero attached hydrogens (tertiary/aromatic N) is 3. The smallest absolute Gasteiger partial charge is 0.223 e. The van der Waals surface area contributed by atoms with Crippen molar-refractivity contribution in [3.05, 3.63) is 18.0 Å². The second-order valence-electron chi connectivity index (χ2n) is 6.28. The maximum atomic E-state index is 12.6. The number of hydrogen-bond donors (Lipinski definition) is 1. The van der Waals surface area contributed by atoms with Crippen molar-refractivity contribution < 1.29 is 13.2 Å². The summed E-state index contributed by atoms with van der Waals surface area (Å²) in [7, 11) is -3.26. The monoisotopic (exact) mass is 326 g/mol. The minimum Gasteiger partial charge on any atom is -0.332 e. The Morgan fingerprint density at radius 3 is 2.86 bits per heavy atom. The number of nitrogens with one attached hydrogen (secondary N) is 1. The van der Waals surface area contributed by atoms with Crippen LogP contribution in [0.3, 0.4) is 0 Å². The van der Waals surface area contributed by atoms with Crippen molar-refractivity contribution in [3.63, 3.8) is 0 Å². The lowest BCUT2D eigenvalue weighted by Crippen LogP contribution is -2.46. The first-order valence-electron chi connectivity index (χ1n) is 7.67. The standard InChI is InChI=1S/C14H22N4O3S/c1-22(20,21)16-9-12-5-7-18-13(4-6-15-18)10-17(12)14(19)8-11-2-3-11/h4,6,11-12,16H,2-3,5,7-10H2,1H3. The van der Waals surface area contributed by atoms with Crippen LogP contribution in [0, 0.1) is 5.92 Å². The van der Waals surface area contributed by atoms with Gasteiger partial charge in [-0.25, -0.2) is 13.1 Å². The molecule has 7 nitrogen and oxygen atoms in total. The number of aryl methyl sites for hydroxylation is 1. The maximum Gasteiger partial charge on any atom is 0.223 e. The van der Waals surface area contributed by atoms with Crippen LogP contribution in [0.15, 0.2) is 12.3 Å². The zero-order valence-corrected chi connectivity index (χ0v) is 13.6. The lowest BCUT2D eigenvalue weighted by molar-refractivity contribution is -0.134. The van der Waals surface area contributed by atoms with E-state index in [4.69, 9.17) is 0 Å². The lowest BCUT2D eigenvalue weighted by Gasteiger charge is -2.30. The van der Waals surface area contributed by atoms with Crippen molar-refractivity contribution in [3.8, 4) is 0 Å². The molecule has 1 aromatic rings. The minimum atomic E-state index is -3.26. The zero-order valence-electron chi connectivity index (χ0n) is 12.7. The number of carbonyl (C=O) groups is 1. The van der Waals surface area contributed by atoms with Crippen LogP contribution in [0.25, 0.3) is 0 Å². The van der Waals surface area contributed by atoms with Gasteiger partial charge < -0.3 is 4.90 Å². The van der Waals surface area contributed by atoms with Gasteiger partial charge in [-0.3, -0.25) is 9.48 Å². The van der Waals surface area contributed by atoms with Crippen molar-refractivity contribution in [1.82, 2.24) is 19.4 Å². The molecule has 0 saturated heterocycles. The number of sulfonamides is 1. The summed E-state index contributed by atoms with van der Waals surface area (Å²) in [5, 5.41) is 4.27. The highest BCUT2D eigenvalue weighted by Crippen LogP contribution is 2.33. The number of fused-ring (bicyclic) bond motifs is 1. The highest BCUT2D eigenvalue weighted by Gasteiger charge is 2.32. The third-order valence-corrected chi connectivity index (χ3v) is 5.00. The average Bonchev–Trinajstić information content (AvgIpc) is 3.17. The largest absolute Gasteiger partial charge is 0.332 e. The van der Waals surface area contributed by atoms with E-state index in [0.717, 1.165) is 24.8 Å². The molecule has 2 heterocycles. The van der Waals surface area contributed by atoms with E-state index in [0.29, 0.717) is 31.8 Å². The number of hydrogen-bond acceptors (Lipinski definition) is 4. The van der Waals surface area contributed by atoms with E-state index in [2.05, 4.69) is 9.82 Å². The summed E-state index contributed by atoms with van der Waals surface area (Å²) in [5.74, 6) is 0.640. The van der Waals surface area contributed by atoms with Gasteiger partial charge in [0.15, 0.2) is 0 Å². The SMILES string of the molecule is CS(=O)(=O)NCC1CCn2nccc2CN1C(=O)CC1CC1. The molecular weight excluding hydrogens is 304 g/mol. The highest BCUT2D eigenvalue weighted by atomic mass is 32.2. The third kappa shape index (κ3) is 3.86. The van der Waals surface area contributed by atoms with Crippen LogP contribution in [0.1, 0.15) is 31.4 Å². The van der Waals surface area contributed by atoms with Gasteiger partial charge in [0.25, 0.3) is 0 Å². The molecule has 1 saturated carbocycles. The van der Waals surface area contributed by atoms with Gasteiger partial charge in [0.1, 0.15) is 0 Å². The fraction of sp³-hybridized carbons (Fsp3) is 0.714. The first-order valence-corrected chi connectivity index (χ1v) is 9.56. The summed E-state index contributed by atoms with van der Waals surface area (Å²) in [6, 6.07) is 1.80. The fourth-order valence-corrected chi connectivity index (χ4v) is 3.36. The van der Waals surface area contributed by atoms with Crippen LogP contribution in [0.5, 0.6) is 0 Å². The van der Waals surface area contributed by atoms with Crippen LogP contribution in [0.4, 0.5) is 0 Å². The van der Waals surface area contributed by atoms with Gasteiger partial charge in [0, 0.05) is 31.7 Å². The summed E-state index contributed by atoms with van der Waals surface area (Å²) < 4.78 is 27.2. The number of aromatic nitrogens is 2. The molecular formula is C14H22N4O3S. The van der Waals surface area contributed by atoms with E-state index in [-0.39, 0.29) is 18.5 Å². The Hall–Kier alpha value is -1.41. The van der Waals surface area contributed by atoms with Crippen molar-refractivity contribution >= 4 is 15.9 Å². The van der Waals surface area contributed by atoms with E-state index in [1.807, 2.05) is 15.6 Å². The molecule has 8 heteroatoms. The van der Waals surface area contributed by atoms with E-state index >= 15 is 0 Å². The summed E-state index contributed by atoms with van der Waals surface area (Å²) in [6.07, 6.45) is 6.42. The molecule has 2 aliphatic rings. The van der Waals surface area contributed by atoms with Gasteiger partial charge in [0.05, 0.1) is 18.5 Å². The molecule has 0 bridgehead atoms. The number of carbonyl (C=O) groups excluding carboxylic acids is 1. The average molecular weight is 326 g/mol. The van der Waals surface area contributed by atoms with Gasteiger partial charge in [-0.1, -0.05) is 0 Å². The maximum absolute atomic E-state index is 12.6. The molecule has 122 valence electrons. The second kappa shape index (κ2) is 6.00. The summed E-state index contributed by atoms with van der Waals surface area (Å²) >= 11 is 0. The lowest BCUT2D eigenvalue weighted by atomic mass is 10.1. The van der Waals surface area contributed by atoms with Crippen LogP contribution in [-0.4, -0.2) is 47.8 Å². The molecule has 1 aromatic heterocycles. The zero-order chi connectivity index (χ0) is 15.7. The minimum absolute atomic E-state index is 0.123. The van der Waals surface area contributed by atoms with Crippen molar-refractivity contribution in [1.29, 1.82) is 0 Å². The topological polar surface area (TPSA) is 84.3 Å². The van der Waals surface area contributed by atoms with Crippen molar-refractivity contribution in [2.45, 2.75) is 44.8 Å². The molecule has 0 aromatic carbocycles. The van der Waals surface area contributed by atoms with Gasteiger partial charge in [-0.2, -0.15) is 5.10 Å². The Bertz CT molecular complexity index is 651. The summed E-state index contributed by atoms with van der Waals surface area (Å²) in [6.45, 7) is 1.47. The van der Waals surface area contributed by atoms with E-state index < -0.39 is 10.0 Å². The second-order valence-corrected chi connectivity index (χ2v) is 8.11. The molecule has 3 rings (SSSR count). The molecule has 0 spiro atoms. The first-order chi connectivity index (χ1) is 10.4. The van der Waals surface area contributed by atoms with Crippen LogP contribution in [0.2, 0.25) is 0 Å². The van der Waals surface area contributed by atoms with Crippen molar-refractivity contribution in [2.24, 2.45) is 5.92 Å². The molecule has 1 aliphatic heterocycles. The Labute approximate surface area is 130 Å². The Balaban J connectivity index is 1.75. The molecule has 1 unspecified atom stereocenters. The molecule has 0 radical (unpaired) electrons. The normalized spacial score (nSPS) is 22.2. The van der Waals surface area contributed by atoms with Crippen molar-refractivity contribution in [2.75, 3.05) is 12.8 Å². The molecule has 22 heavy (non-hydrogen) atoms. The highest BCUT2D eigenvalue weighted by molar-refractivity contribution is 7.88. The molecule has 1 N–H and O–H groups in total. The van der Waals surface area contributed by atoms with Gasteiger partial charge in [-0.05, 0) is 31.2 Å². The predicted octanol–water partition coefficient (Wildman–Crippen LogP) is 0.333. The van der Waals surface area contributed by atoms with Crippen LogP contribution < -0.4 is 4.72 Å². The number of rotatable bonds is 5. The summed E-state index contributed by atoms with van der Waals surface area (Å²) in [5.41, 5.74) is 1.01. The first kappa shape index (κ1) is 15.5. The van der Waals surface area contributed by atoms with Crippen LogP contribution >= 0.6 is 0 Å².